The summed E-state index contributed by atoms with van der Waals surface area (Å²) in [7, 11) is -3.90. The zero-order valence-electron chi connectivity index (χ0n) is 14.0. The second kappa shape index (κ2) is 8.27. The highest BCUT2D eigenvalue weighted by atomic mass is 35.5. The van der Waals surface area contributed by atoms with Crippen molar-refractivity contribution in [3.63, 3.8) is 0 Å². The van der Waals surface area contributed by atoms with E-state index in [-0.39, 0.29) is 10.8 Å². The minimum absolute atomic E-state index is 0.0505. The average Bonchev–Trinajstić information content (AvgIpc) is 2.59. The molecule has 2 rings (SSSR count). The van der Waals surface area contributed by atoms with E-state index in [0.717, 1.165) is 12.1 Å². The van der Waals surface area contributed by atoms with Crippen LogP contribution in [0.4, 0.5) is 4.39 Å². The van der Waals surface area contributed by atoms with Crippen molar-refractivity contribution in [1.82, 2.24) is 4.72 Å². The van der Waals surface area contributed by atoms with Gasteiger partial charge in [0.25, 0.3) is 0 Å². The van der Waals surface area contributed by atoms with Crippen LogP contribution in [0.2, 0.25) is 5.02 Å². The lowest BCUT2D eigenvalue weighted by Crippen LogP contribution is -2.43. The lowest BCUT2D eigenvalue weighted by molar-refractivity contribution is 0.112. The number of rotatable bonds is 7. The molecule has 0 fully saturated rings. The van der Waals surface area contributed by atoms with Gasteiger partial charge in [-0.05, 0) is 47.9 Å². The summed E-state index contributed by atoms with van der Waals surface area (Å²) in [5.41, 5.74) is 0.566. The molecule has 2 aromatic carbocycles. The Morgan fingerprint density at radius 1 is 1.12 bits per heavy atom. The van der Waals surface area contributed by atoms with Crippen molar-refractivity contribution in [2.24, 2.45) is 5.92 Å². The van der Waals surface area contributed by atoms with Crippen molar-refractivity contribution >= 4 is 21.6 Å². The Labute approximate surface area is 152 Å². The van der Waals surface area contributed by atoms with E-state index in [1.54, 1.807) is 24.3 Å². The monoisotopic (exact) mass is 385 g/mol. The van der Waals surface area contributed by atoms with Crippen LogP contribution in [0.3, 0.4) is 0 Å². The number of hydrogen-bond donors (Lipinski definition) is 2. The highest BCUT2D eigenvalue weighted by Gasteiger charge is 2.30. The maximum atomic E-state index is 13.0. The molecule has 0 aromatic heterocycles. The SMILES string of the molecule is CC[C@H](C)[C@H](NS(=O)(=O)c1ccc(F)cc1)C(O)c1ccc(Cl)cc1. The number of aliphatic hydroxyl groups excluding tert-OH is 1. The number of hydrogen-bond acceptors (Lipinski definition) is 3. The van der Waals surface area contributed by atoms with Crippen LogP contribution in [-0.2, 0) is 10.0 Å². The smallest absolute Gasteiger partial charge is 0.240 e. The van der Waals surface area contributed by atoms with Gasteiger partial charge in [-0.15, -0.1) is 0 Å². The second-order valence-corrected chi connectivity index (χ2v) is 8.13. The summed E-state index contributed by atoms with van der Waals surface area (Å²) in [5, 5.41) is 11.2. The van der Waals surface area contributed by atoms with Crippen LogP contribution in [0.25, 0.3) is 0 Å². The van der Waals surface area contributed by atoms with Crippen molar-refractivity contribution in [2.75, 3.05) is 0 Å². The fraction of sp³-hybridized carbons (Fsp3) is 0.333. The van der Waals surface area contributed by atoms with Gasteiger partial charge in [0.1, 0.15) is 5.82 Å². The lowest BCUT2D eigenvalue weighted by atomic mass is 9.91. The Morgan fingerprint density at radius 3 is 2.20 bits per heavy atom. The van der Waals surface area contributed by atoms with Crippen LogP contribution in [0.1, 0.15) is 31.9 Å². The molecule has 0 amide bonds. The van der Waals surface area contributed by atoms with Gasteiger partial charge in [-0.2, -0.15) is 0 Å². The molecule has 0 aliphatic heterocycles. The van der Waals surface area contributed by atoms with Gasteiger partial charge >= 0.3 is 0 Å². The third-order valence-electron chi connectivity index (χ3n) is 4.22. The van der Waals surface area contributed by atoms with E-state index in [4.69, 9.17) is 11.6 Å². The van der Waals surface area contributed by atoms with Gasteiger partial charge in [-0.25, -0.2) is 17.5 Å². The Hall–Kier alpha value is -1.47. The van der Waals surface area contributed by atoms with Crippen LogP contribution < -0.4 is 4.72 Å². The highest BCUT2D eigenvalue weighted by Crippen LogP contribution is 2.26. The summed E-state index contributed by atoms with van der Waals surface area (Å²) in [5.74, 6) is -0.639. The van der Waals surface area contributed by atoms with Crippen molar-refractivity contribution in [1.29, 1.82) is 0 Å². The van der Waals surface area contributed by atoms with Crippen LogP contribution >= 0.6 is 11.6 Å². The molecular weight excluding hydrogens is 365 g/mol. The number of benzene rings is 2. The maximum absolute atomic E-state index is 13.0. The van der Waals surface area contributed by atoms with Crippen LogP contribution in [0.5, 0.6) is 0 Å². The Kier molecular flexibility index (Phi) is 6.57. The number of nitrogens with one attached hydrogen (secondary N) is 1. The van der Waals surface area contributed by atoms with E-state index in [2.05, 4.69) is 4.72 Å². The van der Waals surface area contributed by atoms with E-state index in [1.165, 1.54) is 12.1 Å². The molecule has 3 atom stereocenters. The van der Waals surface area contributed by atoms with Gasteiger partial charge in [0, 0.05) is 5.02 Å². The van der Waals surface area contributed by atoms with E-state index >= 15 is 0 Å². The number of sulfonamides is 1. The first-order valence-electron chi connectivity index (χ1n) is 7.96. The molecule has 0 heterocycles. The Morgan fingerprint density at radius 2 is 1.68 bits per heavy atom. The third kappa shape index (κ3) is 5.01. The fourth-order valence-corrected chi connectivity index (χ4v) is 3.95. The minimum atomic E-state index is -3.90. The molecule has 0 bridgehead atoms. The number of halogens is 2. The molecule has 0 saturated carbocycles. The fourth-order valence-electron chi connectivity index (χ4n) is 2.47. The molecular formula is C18H21ClFNO3S. The van der Waals surface area contributed by atoms with E-state index in [9.17, 15) is 17.9 Å². The van der Waals surface area contributed by atoms with E-state index in [1.807, 2.05) is 13.8 Å². The molecule has 0 radical (unpaired) electrons. The Balaban J connectivity index is 2.31. The predicted molar refractivity (Wildman–Crippen MR) is 96.4 cm³/mol. The van der Waals surface area contributed by atoms with Gasteiger partial charge < -0.3 is 5.11 Å². The summed E-state index contributed by atoms with van der Waals surface area (Å²) < 4.78 is 40.8. The van der Waals surface area contributed by atoms with Crippen molar-refractivity contribution < 1.29 is 17.9 Å². The zero-order valence-corrected chi connectivity index (χ0v) is 15.6. The van der Waals surface area contributed by atoms with E-state index < -0.39 is 28.0 Å². The molecule has 25 heavy (non-hydrogen) atoms. The van der Waals surface area contributed by atoms with Crippen LogP contribution in [-0.4, -0.2) is 19.6 Å². The Bertz CT molecular complexity index is 794. The zero-order chi connectivity index (χ0) is 18.6. The molecule has 4 nitrogen and oxygen atoms in total. The number of aliphatic hydroxyl groups is 1. The summed E-state index contributed by atoms with van der Waals surface area (Å²) >= 11 is 5.86. The first kappa shape index (κ1) is 19.8. The molecule has 0 spiro atoms. The van der Waals surface area contributed by atoms with Gasteiger partial charge in [0.05, 0.1) is 17.0 Å². The standard InChI is InChI=1S/C18H21ClFNO3S/c1-3-12(2)17(18(22)13-4-6-14(19)7-5-13)21-25(23,24)16-10-8-15(20)9-11-16/h4-12,17-18,21-22H,3H2,1-2H3/t12-,17-,18?/m0/s1. The summed E-state index contributed by atoms with van der Waals surface area (Å²) in [6.07, 6.45) is -0.371. The van der Waals surface area contributed by atoms with Crippen molar-refractivity contribution in [3.05, 3.63) is 64.9 Å². The second-order valence-electron chi connectivity index (χ2n) is 5.98. The molecule has 136 valence electrons. The minimum Gasteiger partial charge on any atom is -0.387 e. The maximum Gasteiger partial charge on any atom is 0.240 e. The highest BCUT2D eigenvalue weighted by molar-refractivity contribution is 7.89. The largest absolute Gasteiger partial charge is 0.387 e. The molecule has 0 aliphatic rings. The van der Waals surface area contributed by atoms with E-state index in [0.29, 0.717) is 17.0 Å². The molecule has 0 saturated heterocycles. The predicted octanol–water partition coefficient (Wildman–Crippen LogP) is 3.91. The summed E-state index contributed by atoms with van der Waals surface area (Å²) in [6.45, 7) is 3.77. The van der Waals surface area contributed by atoms with Crippen LogP contribution in [0.15, 0.2) is 53.4 Å². The molecule has 1 unspecified atom stereocenters. The third-order valence-corrected chi connectivity index (χ3v) is 5.95. The summed E-state index contributed by atoms with van der Waals surface area (Å²) in [4.78, 5) is -0.0505. The van der Waals surface area contributed by atoms with Gasteiger partial charge in [-0.3, -0.25) is 0 Å². The van der Waals surface area contributed by atoms with Gasteiger partial charge in [0.2, 0.25) is 10.0 Å². The van der Waals surface area contributed by atoms with Crippen LogP contribution in [0, 0.1) is 11.7 Å². The molecule has 0 aliphatic carbocycles. The van der Waals surface area contributed by atoms with Crippen molar-refractivity contribution in [3.8, 4) is 0 Å². The molecule has 2 N–H and O–H groups in total. The lowest BCUT2D eigenvalue weighted by Gasteiger charge is -2.29. The van der Waals surface area contributed by atoms with Crippen molar-refractivity contribution in [2.45, 2.75) is 37.3 Å². The van der Waals surface area contributed by atoms with Gasteiger partial charge in [0.15, 0.2) is 0 Å². The summed E-state index contributed by atoms with van der Waals surface area (Å²) in [6, 6.07) is 10.4. The quantitative estimate of drug-likeness (QED) is 0.759. The molecule has 2 aromatic rings. The normalized spacial score (nSPS) is 15.6. The first-order chi connectivity index (χ1) is 11.7. The average molecular weight is 386 g/mol. The molecule has 7 heteroatoms. The first-order valence-corrected chi connectivity index (χ1v) is 9.82. The van der Waals surface area contributed by atoms with Gasteiger partial charge in [-0.1, -0.05) is 44.0 Å². The topological polar surface area (TPSA) is 66.4 Å².